The highest BCUT2D eigenvalue weighted by molar-refractivity contribution is 6.09. The molecule has 6 heteroatoms. The second-order valence-corrected chi connectivity index (χ2v) is 4.60. The first kappa shape index (κ1) is 16.4. The molecule has 0 aliphatic heterocycles. The molecule has 2 amide bonds. The first-order chi connectivity index (χ1) is 11.0. The van der Waals surface area contributed by atoms with Crippen molar-refractivity contribution >= 4 is 17.5 Å². The first-order valence-corrected chi connectivity index (χ1v) is 6.78. The molecule has 118 valence electrons. The van der Waals surface area contributed by atoms with Crippen LogP contribution in [0.2, 0.25) is 0 Å². The van der Waals surface area contributed by atoms with Crippen LogP contribution in [0.3, 0.4) is 0 Å². The van der Waals surface area contributed by atoms with Crippen molar-refractivity contribution in [3.05, 3.63) is 77.9 Å². The highest BCUT2D eigenvalue weighted by Gasteiger charge is 2.19. The molecule has 0 fully saturated rings. The van der Waals surface area contributed by atoms with Crippen LogP contribution >= 0.6 is 0 Å². The normalized spacial score (nSPS) is 10.0. The van der Waals surface area contributed by atoms with Gasteiger partial charge in [0, 0.05) is 6.54 Å². The number of hydrogen-bond acceptors (Lipinski definition) is 2. The number of amides is 2. The highest BCUT2D eigenvalue weighted by Crippen LogP contribution is 2.18. The number of hydrogen-bond donors (Lipinski definition) is 2. The number of carbonyl (C=O) groups is 2. The number of halogens is 2. The molecule has 0 radical (unpaired) electrons. The molecular weight excluding hydrogens is 302 g/mol. The van der Waals surface area contributed by atoms with Crippen LogP contribution in [0.25, 0.3) is 0 Å². The van der Waals surface area contributed by atoms with Crippen molar-refractivity contribution in [2.75, 3.05) is 11.9 Å². The molecule has 23 heavy (non-hydrogen) atoms. The molecule has 0 spiro atoms. The van der Waals surface area contributed by atoms with Gasteiger partial charge in [-0.3, -0.25) is 9.59 Å². The van der Waals surface area contributed by atoms with E-state index in [-0.39, 0.29) is 17.8 Å². The molecule has 0 aliphatic rings. The van der Waals surface area contributed by atoms with Crippen molar-refractivity contribution in [3.63, 3.8) is 0 Å². The van der Waals surface area contributed by atoms with Crippen LogP contribution in [0.4, 0.5) is 14.5 Å². The van der Waals surface area contributed by atoms with E-state index in [4.69, 9.17) is 0 Å². The van der Waals surface area contributed by atoms with Crippen molar-refractivity contribution in [1.29, 1.82) is 0 Å². The van der Waals surface area contributed by atoms with Gasteiger partial charge < -0.3 is 10.6 Å². The van der Waals surface area contributed by atoms with Crippen LogP contribution in [0.1, 0.15) is 20.7 Å². The van der Waals surface area contributed by atoms with E-state index in [1.165, 1.54) is 18.2 Å². The fraction of sp³-hybridized carbons (Fsp3) is 0.0588. The molecule has 2 rings (SSSR count). The van der Waals surface area contributed by atoms with Gasteiger partial charge >= 0.3 is 0 Å². The maximum absolute atomic E-state index is 13.6. The minimum absolute atomic E-state index is 0.154. The fourth-order valence-electron chi connectivity index (χ4n) is 1.95. The van der Waals surface area contributed by atoms with E-state index in [1.807, 2.05) is 0 Å². The monoisotopic (exact) mass is 316 g/mol. The van der Waals surface area contributed by atoms with Crippen molar-refractivity contribution < 1.29 is 18.4 Å². The van der Waals surface area contributed by atoms with Crippen molar-refractivity contribution in [2.24, 2.45) is 0 Å². The molecule has 0 unspecified atom stereocenters. The molecule has 2 N–H and O–H groups in total. The lowest BCUT2D eigenvalue weighted by atomic mass is 10.1. The Balaban J connectivity index is 2.28. The van der Waals surface area contributed by atoms with E-state index in [1.54, 1.807) is 12.1 Å². The molecule has 0 saturated heterocycles. The van der Waals surface area contributed by atoms with Crippen LogP contribution in [0, 0.1) is 11.6 Å². The molecule has 4 nitrogen and oxygen atoms in total. The smallest absolute Gasteiger partial charge is 0.261 e. The minimum Gasteiger partial charge on any atom is -0.349 e. The van der Waals surface area contributed by atoms with Gasteiger partial charge in [0.25, 0.3) is 11.8 Å². The Morgan fingerprint density at radius 1 is 1.00 bits per heavy atom. The minimum atomic E-state index is -0.976. The van der Waals surface area contributed by atoms with Gasteiger partial charge in [0.15, 0.2) is 0 Å². The largest absolute Gasteiger partial charge is 0.349 e. The predicted octanol–water partition coefficient (Wildman–Crippen LogP) is 3.13. The van der Waals surface area contributed by atoms with Crippen LogP contribution in [-0.2, 0) is 0 Å². The van der Waals surface area contributed by atoms with Gasteiger partial charge in [0.2, 0.25) is 0 Å². The van der Waals surface area contributed by atoms with E-state index in [9.17, 15) is 18.4 Å². The lowest BCUT2D eigenvalue weighted by Crippen LogP contribution is -2.25. The molecule has 0 aromatic heterocycles. The Morgan fingerprint density at radius 3 is 2.30 bits per heavy atom. The zero-order valence-corrected chi connectivity index (χ0v) is 12.1. The third kappa shape index (κ3) is 3.79. The van der Waals surface area contributed by atoms with Crippen molar-refractivity contribution in [3.8, 4) is 0 Å². The SMILES string of the molecule is C=CCNC(=O)c1ccccc1NC(=O)c1c(F)cccc1F. The average Bonchev–Trinajstić information content (AvgIpc) is 2.53. The van der Waals surface area contributed by atoms with Gasteiger partial charge in [-0.15, -0.1) is 6.58 Å². The summed E-state index contributed by atoms with van der Waals surface area (Å²) in [7, 11) is 0. The third-order valence-corrected chi connectivity index (χ3v) is 3.02. The fourth-order valence-corrected chi connectivity index (χ4v) is 1.95. The summed E-state index contributed by atoms with van der Waals surface area (Å²) in [5.74, 6) is -3.36. The molecule has 0 bridgehead atoms. The number of rotatable bonds is 5. The molecule has 2 aromatic rings. The maximum atomic E-state index is 13.6. The van der Waals surface area contributed by atoms with Crippen molar-refractivity contribution in [2.45, 2.75) is 0 Å². The molecule has 0 heterocycles. The summed E-state index contributed by atoms with van der Waals surface area (Å²) < 4.78 is 27.3. The number of nitrogens with one attached hydrogen (secondary N) is 2. The lowest BCUT2D eigenvalue weighted by molar-refractivity contribution is 0.0959. The number of anilines is 1. The third-order valence-electron chi connectivity index (χ3n) is 3.02. The Bertz CT molecular complexity index is 740. The number of para-hydroxylation sites is 1. The zero-order valence-electron chi connectivity index (χ0n) is 12.1. The van der Waals surface area contributed by atoms with E-state index in [2.05, 4.69) is 17.2 Å². The van der Waals surface area contributed by atoms with E-state index < -0.39 is 29.0 Å². The summed E-state index contributed by atoms with van der Waals surface area (Å²) in [4.78, 5) is 24.1. The standard InChI is InChI=1S/C17H14F2N2O2/c1-2-10-20-16(22)11-6-3-4-9-14(11)21-17(23)15-12(18)7-5-8-13(15)19/h2-9H,1,10H2,(H,20,22)(H,21,23). The van der Waals surface area contributed by atoms with Gasteiger partial charge in [-0.25, -0.2) is 8.78 Å². The van der Waals surface area contributed by atoms with Gasteiger partial charge in [0.05, 0.1) is 11.3 Å². The average molecular weight is 316 g/mol. The van der Waals surface area contributed by atoms with Crippen LogP contribution in [-0.4, -0.2) is 18.4 Å². The second kappa shape index (κ2) is 7.31. The maximum Gasteiger partial charge on any atom is 0.261 e. The van der Waals surface area contributed by atoms with Crippen molar-refractivity contribution in [1.82, 2.24) is 5.32 Å². The Kier molecular flexibility index (Phi) is 5.19. The van der Waals surface area contributed by atoms with Gasteiger partial charge in [-0.05, 0) is 24.3 Å². The molecule has 0 saturated carbocycles. The van der Waals surface area contributed by atoms with E-state index in [0.29, 0.717) is 0 Å². The van der Waals surface area contributed by atoms with Gasteiger partial charge in [-0.2, -0.15) is 0 Å². The summed E-state index contributed by atoms with van der Waals surface area (Å²) in [5, 5.41) is 4.93. The van der Waals surface area contributed by atoms with Gasteiger partial charge in [0.1, 0.15) is 17.2 Å². The number of carbonyl (C=O) groups excluding carboxylic acids is 2. The summed E-state index contributed by atoms with van der Waals surface area (Å²) in [6, 6.07) is 9.31. The lowest BCUT2D eigenvalue weighted by Gasteiger charge is -2.11. The van der Waals surface area contributed by atoms with E-state index in [0.717, 1.165) is 18.2 Å². The molecular formula is C17H14F2N2O2. The van der Waals surface area contributed by atoms with Crippen LogP contribution in [0.5, 0.6) is 0 Å². The molecule has 2 aromatic carbocycles. The second-order valence-electron chi connectivity index (χ2n) is 4.60. The zero-order chi connectivity index (χ0) is 16.8. The Morgan fingerprint density at radius 2 is 1.65 bits per heavy atom. The summed E-state index contributed by atoms with van der Waals surface area (Å²) in [6.07, 6.45) is 1.51. The highest BCUT2D eigenvalue weighted by atomic mass is 19.1. The summed E-state index contributed by atoms with van der Waals surface area (Å²) in [5.41, 5.74) is -0.366. The van der Waals surface area contributed by atoms with E-state index >= 15 is 0 Å². The Hall–Kier alpha value is -3.02. The summed E-state index contributed by atoms with van der Waals surface area (Å²) >= 11 is 0. The topological polar surface area (TPSA) is 58.2 Å². The molecule has 0 atom stereocenters. The Labute approximate surface area is 131 Å². The van der Waals surface area contributed by atoms with Gasteiger partial charge in [-0.1, -0.05) is 24.3 Å². The predicted molar refractivity (Wildman–Crippen MR) is 83.3 cm³/mol. The van der Waals surface area contributed by atoms with Crippen LogP contribution in [0.15, 0.2) is 55.1 Å². The number of benzene rings is 2. The molecule has 0 aliphatic carbocycles. The first-order valence-electron chi connectivity index (χ1n) is 6.78. The van der Waals surface area contributed by atoms with Crippen LogP contribution < -0.4 is 10.6 Å². The summed E-state index contributed by atoms with van der Waals surface area (Å²) in [6.45, 7) is 3.74. The quantitative estimate of drug-likeness (QED) is 0.833.